The topological polar surface area (TPSA) is 80.9 Å². The molecule has 0 saturated heterocycles. The van der Waals surface area contributed by atoms with Crippen molar-refractivity contribution in [3.05, 3.63) is 57.6 Å². The fraction of sp³-hybridized carbons (Fsp3) is 0.500. The Hall–Kier alpha value is -0.681. The first-order valence-corrected chi connectivity index (χ1v) is 16.1. The molecular weight excluding hydrogens is 510 g/mol. The second-order valence-electron chi connectivity index (χ2n) is 9.55. The van der Waals surface area contributed by atoms with Crippen LogP contribution in [0.4, 0.5) is 0 Å². The first-order chi connectivity index (χ1) is 14.0. The Morgan fingerprint density at radius 2 is 0.767 bits per heavy atom. The van der Waals surface area contributed by atoms with Crippen molar-refractivity contribution in [2.75, 3.05) is 0 Å². The van der Waals surface area contributed by atoms with Gasteiger partial charge in [-0.05, 0) is 0 Å². The third kappa shape index (κ3) is 5.97. The number of aliphatic hydroxyl groups is 4. The molecule has 0 aliphatic carbocycles. The van der Waals surface area contributed by atoms with Crippen LogP contribution in [0.5, 0.6) is 0 Å². The van der Waals surface area contributed by atoms with E-state index in [0.717, 1.165) is 42.3 Å². The monoisotopic (exact) mass is 546 g/mol. The van der Waals surface area contributed by atoms with E-state index in [1.807, 2.05) is 0 Å². The van der Waals surface area contributed by atoms with Gasteiger partial charge in [0.15, 0.2) is 0 Å². The van der Waals surface area contributed by atoms with Crippen LogP contribution in [0.25, 0.3) is 0 Å². The van der Waals surface area contributed by atoms with E-state index in [9.17, 15) is 20.4 Å². The molecule has 30 heavy (non-hydrogen) atoms. The molecule has 0 saturated carbocycles. The van der Waals surface area contributed by atoms with Gasteiger partial charge in [-0.25, -0.2) is 0 Å². The predicted molar refractivity (Wildman–Crippen MR) is 125 cm³/mol. The Labute approximate surface area is 191 Å². The van der Waals surface area contributed by atoms with Gasteiger partial charge in [-0.2, -0.15) is 0 Å². The molecule has 0 aliphatic heterocycles. The summed E-state index contributed by atoms with van der Waals surface area (Å²) in [7, 11) is 0. The first-order valence-electron chi connectivity index (χ1n) is 10.1. The Morgan fingerprint density at radius 1 is 0.533 bits per heavy atom. The molecule has 6 heteroatoms. The summed E-state index contributed by atoms with van der Waals surface area (Å²) in [6.07, 6.45) is 0. The molecule has 2 aromatic rings. The van der Waals surface area contributed by atoms with E-state index in [1.54, 1.807) is 0 Å². The Balaban J connectivity index is 2.48. The van der Waals surface area contributed by atoms with Crippen LogP contribution in [0, 0.1) is 0 Å². The van der Waals surface area contributed by atoms with Crippen LogP contribution >= 0.6 is 0 Å². The molecule has 0 bridgehead atoms. The standard InChI is InChI=1S/C24H34O4Se2/c1-23(2,3)19-7-15(11-25)21(16(8-19)12-26)29-30-22-17(13-27)9-20(24(4,5)6)10-18(22)14-28/h7-10,25-28H,11-14H2,1-6H3. The quantitative estimate of drug-likeness (QED) is 0.399. The summed E-state index contributed by atoms with van der Waals surface area (Å²) in [4.78, 5) is 0. The minimum atomic E-state index is -0.0680. The SMILES string of the molecule is CC(C)(C)c1cc(CO)c([Se][Se]c2c(CO)cc(C(C)(C)C)cc2CO)c(CO)c1. The van der Waals surface area contributed by atoms with Gasteiger partial charge in [0.2, 0.25) is 0 Å². The van der Waals surface area contributed by atoms with Crippen LogP contribution in [0.2, 0.25) is 0 Å². The molecule has 166 valence electrons. The molecule has 2 rings (SSSR count). The normalized spacial score (nSPS) is 12.5. The van der Waals surface area contributed by atoms with Crippen molar-refractivity contribution in [1.29, 1.82) is 0 Å². The van der Waals surface area contributed by atoms with E-state index >= 15 is 0 Å². The predicted octanol–water partition coefficient (Wildman–Crippen LogP) is 1.52. The first kappa shape index (κ1) is 25.6. The van der Waals surface area contributed by atoms with Crippen LogP contribution in [0.1, 0.15) is 74.9 Å². The summed E-state index contributed by atoms with van der Waals surface area (Å²) in [5.41, 5.74) is 5.55. The van der Waals surface area contributed by atoms with Gasteiger partial charge in [-0.3, -0.25) is 0 Å². The van der Waals surface area contributed by atoms with Gasteiger partial charge in [0.25, 0.3) is 0 Å². The molecule has 2 aromatic carbocycles. The molecule has 0 fully saturated rings. The number of hydrogen-bond acceptors (Lipinski definition) is 4. The molecule has 0 atom stereocenters. The van der Waals surface area contributed by atoms with E-state index in [2.05, 4.69) is 65.8 Å². The van der Waals surface area contributed by atoms with Crippen molar-refractivity contribution in [1.82, 2.24) is 0 Å². The maximum absolute atomic E-state index is 10.0. The molecule has 0 aromatic heterocycles. The molecule has 0 aliphatic rings. The van der Waals surface area contributed by atoms with Gasteiger partial charge < -0.3 is 0 Å². The van der Waals surface area contributed by atoms with Gasteiger partial charge in [-0.15, -0.1) is 0 Å². The van der Waals surface area contributed by atoms with E-state index in [0.29, 0.717) is 0 Å². The number of hydrogen-bond donors (Lipinski definition) is 4. The van der Waals surface area contributed by atoms with Crippen molar-refractivity contribution in [3.8, 4) is 0 Å². The molecule has 0 spiro atoms. The molecule has 4 nitrogen and oxygen atoms in total. The van der Waals surface area contributed by atoms with Gasteiger partial charge in [0.05, 0.1) is 0 Å². The molecule has 0 radical (unpaired) electrons. The van der Waals surface area contributed by atoms with Gasteiger partial charge in [-0.1, -0.05) is 0 Å². The Morgan fingerprint density at radius 3 is 0.933 bits per heavy atom. The molecule has 0 amide bonds. The zero-order valence-electron chi connectivity index (χ0n) is 18.7. The summed E-state index contributed by atoms with van der Waals surface area (Å²) in [6, 6.07) is 8.20. The van der Waals surface area contributed by atoms with Crippen molar-refractivity contribution in [2.24, 2.45) is 0 Å². The summed E-state index contributed by atoms with van der Waals surface area (Å²) in [6.45, 7) is 12.5. The van der Waals surface area contributed by atoms with E-state index in [-0.39, 0.29) is 63.5 Å². The third-order valence-corrected chi connectivity index (χ3v) is 12.7. The molecule has 4 N–H and O–H groups in total. The molecule has 0 unspecified atom stereocenters. The van der Waals surface area contributed by atoms with E-state index in [4.69, 9.17) is 0 Å². The molecule has 0 heterocycles. The number of aliphatic hydroxyl groups excluding tert-OH is 4. The Kier molecular flexibility index (Phi) is 8.77. The second kappa shape index (κ2) is 10.3. The van der Waals surface area contributed by atoms with Crippen LogP contribution in [-0.2, 0) is 37.3 Å². The van der Waals surface area contributed by atoms with E-state index in [1.165, 1.54) is 0 Å². The average molecular weight is 544 g/mol. The second-order valence-corrected chi connectivity index (χ2v) is 15.6. The van der Waals surface area contributed by atoms with Crippen LogP contribution < -0.4 is 8.92 Å². The van der Waals surface area contributed by atoms with Crippen molar-refractivity contribution in [2.45, 2.75) is 78.8 Å². The van der Waals surface area contributed by atoms with Crippen molar-refractivity contribution in [3.63, 3.8) is 0 Å². The molecular formula is C24H34O4Se2. The average Bonchev–Trinajstić information content (AvgIpc) is 2.69. The van der Waals surface area contributed by atoms with Crippen LogP contribution in [0.15, 0.2) is 24.3 Å². The maximum atomic E-state index is 10.0. The minimum absolute atomic E-state index is 0.00334. The zero-order valence-corrected chi connectivity index (χ0v) is 22.2. The zero-order chi connectivity index (χ0) is 22.7. The van der Waals surface area contributed by atoms with Gasteiger partial charge >= 0.3 is 192 Å². The fourth-order valence-electron chi connectivity index (χ4n) is 3.14. The summed E-state index contributed by atoms with van der Waals surface area (Å²) >= 11 is -0.00669. The third-order valence-electron chi connectivity index (χ3n) is 5.11. The Bertz CT molecular complexity index is 756. The number of benzene rings is 2. The van der Waals surface area contributed by atoms with Crippen LogP contribution in [0.3, 0.4) is 0 Å². The van der Waals surface area contributed by atoms with Crippen molar-refractivity contribution >= 4 is 35.2 Å². The fourth-order valence-corrected chi connectivity index (χ4v) is 11.9. The van der Waals surface area contributed by atoms with Gasteiger partial charge in [0, 0.05) is 0 Å². The van der Waals surface area contributed by atoms with Gasteiger partial charge in [0.1, 0.15) is 0 Å². The van der Waals surface area contributed by atoms with Crippen LogP contribution in [-0.4, -0.2) is 46.7 Å². The van der Waals surface area contributed by atoms with Crippen molar-refractivity contribution < 1.29 is 20.4 Å². The number of rotatable bonds is 7. The summed E-state index contributed by atoms with van der Waals surface area (Å²) in [5.74, 6) is 0. The summed E-state index contributed by atoms with van der Waals surface area (Å²) < 4.78 is 2.07. The van der Waals surface area contributed by atoms with E-state index < -0.39 is 0 Å². The summed E-state index contributed by atoms with van der Waals surface area (Å²) in [5, 5.41) is 40.0.